The second kappa shape index (κ2) is 7.36. The minimum Gasteiger partial charge on any atom is -0.495 e. The lowest BCUT2D eigenvalue weighted by molar-refractivity contribution is -0.168. The van der Waals surface area contributed by atoms with Crippen LogP contribution in [0.25, 0.3) is 0 Å². The summed E-state index contributed by atoms with van der Waals surface area (Å²) in [5, 5.41) is 0. The Morgan fingerprint density at radius 2 is 1.88 bits per heavy atom. The molecule has 2 aliphatic carbocycles. The largest absolute Gasteiger partial charge is 0.495 e. The van der Waals surface area contributed by atoms with Gasteiger partial charge in [-0.15, -0.1) is 0 Å². The summed E-state index contributed by atoms with van der Waals surface area (Å²) >= 11 is 0. The number of esters is 1. The van der Waals surface area contributed by atoms with Crippen molar-refractivity contribution in [1.29, 1.82) is 0 Å². The van der Waals surface area contributed by atoms with E-state index in [-0.39, 0.29) is 29.2 Å². The molecule has 5 aliphatic rings. The fraction of sp³-hybridized carbons (Fsp3) is 0.731. The molecular weight excluding hydrogens is 404 g/mol. The quantitative estimate of drug-likeness (QED) is 0.529. The molecule has 1 spiro atoms. The van der Waals surface area contributed by atoms with Crippen LogP contribution in [0, 0.1) is 23.7 Å². The average Bonchev–Trinajstić information content (AvgIpc) is 3.44. The summed E-state index contributed by atoms with van der Waals surface area (Å²) in [5.74, 6) is 2.30. The summed E-state index contributed by atoms with van der Waals surface area (Å²) in [6.07, 6.45) is 4.63. The highest BCUT2D eigenvalue weighted by molar-refractivity contribution is 5.77. The number of fused-ring (bicyclic) bond motifs is 1. The van der Waals surface area contributed by atoms with Gasteiger partial charge in [-0.1, -0.05) is 19.1 Å². The Hall–Kier alpha value is -1.79. The van der Waals surface area contributed by atoms with Gasteiger partial charge in [-0.2, -0.15) is 0 Å². The van der Waals surface area contributed by atoms with E-state index in [1.165, 1.54) is 6.42 Å². The van der Waals surface area contributed by atoms with Gasteiger partial charge in [0.15, 0.2) is 0 Å². The van der Waals surface area contributed by atoms with Crippen molar-refractivity contribution in [3.05, 3.63) is 24.3 Å². The molecule has 1 aromatic rings. The molecule has 0 aromatic heterocycles. The number of para-hydroxylation sites is 2. The maximum absolute atomic E-state index is 13.3. The van der Waals surface area contributed by atoms with Crippen molar-refractivity contribution < 1.29 is 19.0 Å². The number of ether oxygens (including phenoxy) is 3. The van der Waals surface area contributed by atoms with Crippen molar-refractivity contribution in [2.75, 3.05) is 44.7 Å². The minimum atomic E-state index is -0.369. The van der Waals surface area contributed by atoms with E-state index in [9.17, 15) is 4.79 Å². The van der Waals surface area contributed by atoms with Crippen LogP contribution in [-0.4, -0.2) is 68.0 Å². The normalized spacial score (nSPS) is 43.2. The molecule has 2 saturated carbocycles. The molecule has 32 heavy (non-hydrogen) atoms. The molecule has 0 radical (unpaired) electrons. The summed E-state index contributed by atoms with van der Waals surface area (Å²) < 4.78 is 18.2. The summed E-state index contributed by atoms with van der Waals surface area (Å²) in [7, 11) is 1.73. The molecule has 7 unspecified atom stereocenters. The van der Waals surface area contributed by atoms with Crippen LogP contribution >= 0.6 is 0 Å². The van der Waals surface area contributed by atoms with E-state index < -0.39 is 0 Å². The van der Waals surface area contributed by atoms with Gasteiger partial charge in [-0.25, -0.2) is 0 Å². The Bertz CT molecular complexity index is 900. The van der Waals surface area contributed by atoms with Crippen LogP contribution in [0.5, 0.6) is 5.75 Å². The van der Waals surface area contributed by atoms with Crippen LogP contribution < -0.4 is 9.64 Å². The first-order chi connectivity index (χ1) is 15.5. The zero-order valence-electron chi connectivity index (χ0n) is 19.6. The zero-order valence-corrected chi connectivity index (χ0v) is 19.6. The van der Waals surface area contributed by atoms with Crippen LogP contribution in [-0.2, 0) is 14.3 Å². The van der Waals surface area contributed by atoms with Crippen LogP contribution in [0.3, 0.4) is 0 Å². The lowest BCUT2D eigenvalue weighted by Crippen LogP contribution is -2.58. The lowest BCUT2D eigenvalue weighted by atomic mass is 9.55. The van der Waals surface area contributed by atoms with E-state index in [2.05, 4.69) is 35.8 Å². The number of hydrogen-bond donors (Lipinski definition) is 0. The van der Waals surface area contributed by atoms with Gasteiger partial charge in [-0.3, -0.25) is 9.69 Å². The molecule has 6 heteroatoms. The van der Waals surface area contributed by atoms with Crippen molar-refractivity contribution in [3.8, 4) is 5.75 Å². The number of nitrogens with zero attached hydrogens (tertiary/aromatic N) is 2. The number of rotatable bonds is 4. The van der Waals surface area contributed by atoms with E-state index in [0.717, 1.165) is 63.4 Å². The van der Waals surface area contributed by atoms with Crippen LogP contribution in [0.15, 0.2) is 24.3 Å². The number of carbonyl (C=O) groups is 1. The van der Waals surface area contributed by atoms with E-state index >= 15 is 0 Å². The average molecular weight is 441 g/mol. The molecule has 5 fully saturated rings. The van der Waals surface area contributed by atoms with Gasteiger partial charge >= 0.3 is 5.97 Å². The number of carbonyl (C=O) groups excluding carboxylic acids is 1. The molecule has 0 bridgehead atoms. The third-order valence-corrected chi connectivity index (χ3v) is 9.34. The molecule has 6 rings (SSSR count). The first-order valence-electron chi connectivity index (χ1n) is 12.5. The molecule has 0 amide bonds. The second-order valence-electron chi connectivity index (χ2n) is 11.0. The van der Waals surface area contributed by atoms with Crippen molar-refractivity contribution in [2.24, 2.45) is 23.7 Å². The van der Waals surface area contributed by atoms with Crippen LogP contribution in [0.2, 0.25) is 0 Å². The van der Waals surface area contributed by atoms with Gasteiger partial charge in [-0.05, 0) is 50.7 Å². The Kier molecular flexibility index (Phi) is 4.78. The van der Waals surface area contributed by atoms with Gasteiger partial charge in [0.2, 0.25) is 0 Å². The van der Waals surface area contributed by atoms with E-state index in [0.29, 0.717) is 17.8 Å². The Morgan fingerprint density at radius 1 is 1.09 bits per heavy atom. The summed E-state index contributed by atoms with van der Waals surface area (Å²) in [6.45, 7) is 9.19. The minimum absolute atomic E-state index is 0.0191. The molecule has 3 heterocycles. The Morgan fingerprint density at radius 3 is 2.66 bits per heavy atom. The monoisotopic (exact) mass is 440 g/mol. The Balaban J connectivity index is 1.17. The third kappa shape index (κ3) is 2.95. The molecule has 3 aliphatic heterocycles. The topological polar surface area (TPSA) is 54.5 Å². The van der Waals surface area contributed by atoms with Crippen LogP contribution in [0.1, 0.15) is 39.5 Å². The van der Waals surface area contributed by atoms with Gasteiger partial charge in [0.1, 0.15) is 17.5 Å². The SMILES string of the molecule is COc1ccccc1N1CCN(CC2C(=O)OC34C(CCC5(C)OC53)C(C)CCC24)CC1. The van der Waals surface area contributed by atoms with Crippen molar-refractivity contribution in [2.45, 2.75) is 56.8 Å². The van der Waals surface area contributed by atoms with E-state index in [1.54, 1.807) is 7.11 Å². The third-order valence-electron chi connectivity index (χ3n) is 9.34. The van der Waals surface area contributed by atoms with E-state index in [1.807, 2.05) is 12.1 Å². The van der Waals surface area contributed by atoms with Crippen molar-refractivity contribution >= 4 is 11.7 Å². The first kappa shape index (κ1) is 20.8. The molecule has 3 saturated heterocycles. The number of benzene rings is 1. The van der Waals surface area contributed by atoms with Crippen molar-refractivity contribution in [1.82, 2.24) is 4.90 Å². The number of epoxide rings is 1. The van der Waals surface area contributed by atoms with Gasteiger partial charge < -0.3 is 19.1 Å². The standard InChI is InChI=1S/C26H36N2O4/c1-17-8-9-20-18(23(29)31-26(20)19(17)10-11-25(2)24(26)32-25)16-27-12-14-28(15-13-27)21-6-4-5-7-22(21)30-3/h4-7,17-20,24H,8-16H2,1-3H3. The van der Waals surface area contributed by atoms with Crippen molar-refractivity contribution in [3.63, 3.8) is 0 Å². The highest BCUT2D eigenvalue weighted by atomic mass is 16.7. The smallest absolute Gasteiger partial charge is 0.311 e. The second-order valence-corrected chi connectivity index (χ2v) is 11.0. The van der Waals surface area contributed by atoms with Gasteiger partial charge in [0.25, 0.3) is 0 Å². The highest BCUT2D eigenvalue weighted by Gasteiger charge is 2.77. The molecule has 6 nitrogen and oxygen atoms in total. The lowest BCUT2D eigenvalue weighted by Gasteiger charge is -2.50. The van der Waals surface area contributed by atoms with Crippen LogP contribution in [0.4, 0.5) is 5.69 Å². The zero-order chi connectivity index (χ0) is 22.1. The number of methoxy groups -OCH3 is 1. The fourth-order valence-electron chi connectivity index (χ4n) is 7.60. The summed E-state index contributed by atoms with van der Waals surface area (Å²) in [4.78, 5) is 18.1. The fourth-order valence-corrected chi connectivity index (χ4v) is 7.60. The Labute approximate surface area is 191 Å². The maximum Gasteiger partial charge on any atom is 0.311 e. The van der Waals surface area contributed by atoms with E-state index in [4.69, 9.17) is 14.2 Å². The predicted octanol–water partition coefficient (Wildman–Crippen LogP) is 3.34. The first-order valence-corrected chi connectivity index (χ1v) is 12.5. The molecule has 7 atom stereocenters. The molecule has 0 N–H and O–H groups in total. The summed E-state index contributed by atoms with van der Waals surface area (Å²) in [6, 6.07) is 8.23. The van der Waals surface area contributed by atoms with Gasteiger partial charge in [0, 0.05) is 44.6 Å². The van der Waals surface area contributed by atoms with Gasteiger partial charge in [0.05, 0.1) is 24.3 Å². The maximum atomic E-state index is 13.3. The molecular formula is C26H36N2O4. The highest BCUT2D eigenvalue weighted by Crippen LogP contribution is 2.66. The number of anilines is 1. The number of hydrogen-bond acceptors (Lipinski definition) is 6. The number of piperazine rings is 1. The predicted molar refractivity (Wildman–Crippen MR) is 122 cm³/mol. The molecule has 174 valence electrons. The molecule has 1 aromatic carbocycles. The summed E-state index contributed by atoms with van der Waals surface area (Å²) in [5.41, 5.74) is 0.720.